The van der Waals surface area contributed by atoms with Crippen molar-refractivity contribution < 1.29 is 5.11 Å². The summed E-state index contributed by atoms with van der Waals surface area (Å²) >= 11 is 0. The van der Waals surface area contributed by atoms with Crippen LogP contribution in [0.3, 0.4) is 0 Å². The molecule has 0 radical (unpaired) electrons. The minimum Gasteiger partial charge on any atom is -0.396 e. The highest BCUT2D eigenvalue weighted by Gasteiger charge is 2.50. The maximum atomic E-state index is 9.85. The molecule has 0 spiro atoms. The van der Waals surface area contributed by atoms with Gasteiger partial charge in [-0.3, -0.25) is 0 Å². The summed E-state index contributed by atoms with van der Waals surface area (Å²) in [6.07, 6.45) is 6.44. The molecule has 3 rings (SSSR count). The topological polar surface area (TPSA) is 20.2 Å². The second kappa shape index (κ2) is 4.13. The van der Waals surface area contributed by atoms with Crippen molar-refractivity contribution >= 4 is 0 Å². The molecule has 0 saturated heterocycles. The normalized spacial score (nSPS) is 35.4. The summed E-state index contributed by atoms with van der Waals surface area (Å²) < 4.78 is 0. The molecule has 0 heterocycles. The second-order valence-corrected chi connectivity index (χ2v) is 6.26. The van der Waals surface area contributed by atoms with E-state index in [1.807, 2.05) is 0 Å². The first-order valence-electron chi connectivity index (χ1n) is 6.88. The van der Waals surface area contributed by atoms with E-state index < -0.39 is 0 Å². The van der Waals surface area contributed by atoms with Gasteiger partial charge in [0.2, 0.25) is 0 Å². The van der Waals surface area contributed by atoms with Crippen molar-refractivity contribution in [1.29, 1.82) is 0 Å². The molecule has 17 heavy (non-hydrogen) atoms. The largest absolute Gasteiger partial charge is 0.396 e. The minimum absolute atomic E-state index is 0.207. The van der Waals surface area contributed by atoms with Crippen LogP contribution < -0.4 is 0 Å². The van der Waals surface area contributed by atoms with Crippen molar-refractivity contribution in [2.45, 2.75) is 39.0 Å². The quantitative estimate of drug-likeness (QED) is 0.844. The standard InChI is InChI=1S/C16H22O/c1-12-2-4-13(5-3-12)9-16(11-17)10-14-6-7-15(16)8-14/h2-5,14-15,17H,6-11H2,1H3. The third kappa shape index (κ3) is 1.91. The zero-order valence-corrected chi connectivity index (χ0v) is 10.7. The molecule has 2 bridgehead atoms. The van der Waals surface area contributed by atoms with Crippen LogP contribution in [-0.4, -0.2) is 11.7 Å². The van der Waals surface area contributed by atoms with Crippen LogP contribution in [0, 0.1) is 24.2 Å². The number of aliphatic hydroxyl groups excluding tert-OH is 1. The van der Waals surface area contributed by atoms with Crippen LogP contribution in [0.2, 0.25) is 0 Å². The molecule has 1 N–H and O–H groups in total. The van der Waals surface area contributed by atoms with E-state index in [9.17, 15) is 5.11 Å². The predicted molar refractivity (Wildman–Crippen MR) is 69.8 cm³/mol. The molecule has 1 heteroatoms. The monoisotopic (exact) mass is 230 g/mol. The number of hydrogen-bond donors (Lipinski definition) is 1. The molecule has 0 amide bonds. The maximum Gasteiger partial charge on any atom is 0.0493 e. The van der Waals surface area contributed by atoms with Gasteiger partial charge in [0.15, 0.2) is 0 Å². The second-order valence-electron chi connectivity index (χ2n) is 6.26. The molecule has 92 valence electrons. The molecule has 1 nitrogen and oxygen atoms in total. The number of aryl methyl sites for hydroxylation is 1. The summed E-state index contributed by atoms with van der Waals surface area (Å²) in [5, 5.41) is 9.85. The molecule has 1 aromatic rings. The third-order valence-electron chi connectivity index (χ3n) is 5.09. The van der Waals surface area contributed by atoms with Crippen LogP contribution in [-0.2, 0) is 6.42 Å². The molecule has 0 aromatic heterocycles. The molecule has 3 atom stereocenters. The van der Waals surface area contributed by atoms with Gasteiger partial charge in [-0.05, 0) is 50.0 Å². The Kier molecular flexibility index (Phi) is 2.74. The minimum atomic E-state index is 0.207. The van der Waals surface area contributed by atoms with E-state index in [1.54, 1.807) is 0 Å². The Bertz CT molecular complexity index is 394. The van der Waals surface area contributed by atoms with Gasteiger partial charge in [0.05, 0.1) is 0 Å². The summed E-state index contributed by atoms with van der Waals surface area (Å²) in [5.41, 5.74) is 2.93. The average Bonchev–Trinajstić information content (AvgIpc) is 2.93. The SMILES string of the molecule is Cc1ccc(CC2(CO)CC3CCC2C3)cc1. The number of benzene rings is 1. The Morgan fingerprint density at radius 3 is 2.53 bits per heavy atom. The Morgan fingerprint density at radius 1 is 1.24 bits per heavy atom. The lowest BCUT2D eigenvalue weighted by Gasteiger charge is -2.36. The zero-order chi connectivity index (χ0) is 11.9. The van der Waals surface area contributed by atoms with Gasteiger partial charge in [-0.1, -0.05) is 36.2 Å². The first-order chi connectivity index (χ1) is 8.22. The maximum absolute atomic E-state index is 9.85. The predicted octanol–water partition coefficient (Wildman–Crippen LogP) is 3.34. The van der Waals surface area contributed by atoms with Crippen LogP contribution in [0.25, 0.3) is 0 Å². The van der Waals surface area contributed by atoms with Crippen LogP contribution in [0.15, 0.2) is 24.3 Å². The molecule has 3 unspecified atom stereocenters. The summed E-state index contributed by atoms with van der Waals surface area (Å²) in [7, 11) is 0. The van der Waals surface area contributed by atoms with Gasteiger partial charge < -0.3 is 5.11 Å². The Morgan fingerprint density at radius 2 is 2.00 bits per heavy atom. The fourth-order valence-corrected chi connectivity index (χ4v) is 4.14. The van der Waals surface area contributed by atoms with E-state index in [-0.39, 0.29) is 5.41 Å². The molecule has 2 aliphatic carbocycles. The molecule has 2 aliphatic rings. The summed E-state index contributed by atoms with van der Waals surface area (Å²) in [5.74, 6) is 1.68. The first kappa shape index (κ1) is 11.3. The van der Waals surface area contributed by atoms with Crippen molar-refractivity contribution in [3.8, 4) is 0 Å². The van der Waals surface area contributed by atoms with Gasteiger partial charge >= 0.3 is 0 Å². The number of fused-ring (bicyclic) bond motifs is 2. The molecule has 0 aliphatic heterocycles. The van der Waals surface area contributed by atoms with Crippen LogP contribution in [0.4, 0.5) is 0 Å². The number of rotatable bonds is 3. The lowest BCUT2D eigenvalue weighted by molar-refractivity contribution is 0.0651. The van der Waals surface area contributed by atoms with Gasteiger partial charge in [0.1, 0.15) is 0 Å². The van der Waals surface area contributed by atoms with Gasteiger partial charge in [0, 0.05) is 12.0 Å². The highest BCUT2D eigenvalue weighted by molar-refractivity contribution is 5.23. The van der Waals surface area contributed by atoms with Crippen molar-refractivity contribution in [1.82, 2.24) is 0 Å². The highest BCUT2D eigenvalue weighted by atomic mass is 16.3. The number of hydrogen-bond acceptors (Lipinski definition) is 1. The Balaban J connectivity index is 1.80. The Labute approximate surface area is 104 Å². The van der Waals surface area contributed by atoms with Crippen LogP contribution >= 0.6 is 0 Å². The summed E-state index contributed by atoms with van der Waals surface area (Å²) in [6, 6.07) is 8.85. The first-order valence-corrected chi connectivity index (χ1v) is 6.88. The molecular weight excluding hydrogens is 208 g/mol. The zero-order valence-electron chi connectivity index (χ0n) is 10.7. The van der Waals surface area contributed by atoms with E-state index >= 15 is 0 Å². The average molecular weight is 230 g/mol. The molecular formula is C16H22O. The fraction of sp³-hybridized carbons (Fsp3) is 0.625. The molecule has 2 saturated carbocycles. The van der Waals surface area contributed by atoms with E-state index in [0.717, 1.165) is 18.3 Å². The van der Waals surface area contributed by atoms with Crippen molar-refractivity contribution in [2.24, 2.45) is 17.3 Å². The molecule has 2 fully saturated rings. The number of aliphatic hydroxyl groups is 1. The van der Waals surface area contributed by atoms with E-state index in [2.05, 4.69) is 31.2 Å². The van der Waals surface area contributed by atoms with Crippen LogP contribution in [0.1, 0.15) is 36.8 Å². The van der Waals surface area contributed by atoms with E-state index in [0.29, 0.717) is 6.61 Å². The third-order valence-corrected chi connectivity index (χ3v) is 5.09. The van der Waals surface area contributed by atoms with Gasteiger partial charge in [0.25, 0.3) is 0 Å². The van der Waals surface area contributed by atoms with Gasteiger partial charge in [-0.25, -0.2) is 0 Å². The lowest BCUT2D eigenvalue weighted by Crippen LogP contribution is -2.34. The molecule has 1 aromatic carbocycles. The van der Waals surface area contributed by atoms with Crippen molar-refractivity contribution in [2.75, 3.05) is 6.61 Å². The fourth-order valence-electron chi connectivity index (χ4n) is 4.14. The van der Waals surface area contributed by atoms with Crippen LogP contribution in [0.5, 0.6) is 0 Å². The lowest BCUT2D eigenvalue weighted by atomic mass is 9.70. The van der Waals surface area contributed by atoms with E-state index in [4.69, 9.17) is 0 Å². The smallest absolute Gasteiger partial charge is 0.0493 e. The highest BCUT2D eigenvalue weighted by Crippen LogP contribution is 2.57. The summed E-state index contributed by atoms with van der Waals surface area (Å²) in [4.78, 5) is 0. The van der Waals surface area contributed by atoms with Crippen molar-refractivity contribution in [3.05, 3.63) is 35.4 Å². The van der Waals surface area contributed by atoms with Crippen molar-refractivity contribution in [3.63, 3.8) is 0 Å². The van der Waals surface area contributed by atoms with E-state index in [1.165, 1.54) is 36.8 Å². The van der Waals surface area contributed by atoms with Gasteiger partial charge in [-0.2, -0.15) is 0 Å². The Hall–Kier alpha value is -0.820. The summed E-state index contributed by atoms with van der Waals surface area (Å²) in [6.45, 7) is 2.51. The van der Waals surface area contributed by atoms with Gasteiger partial charge in [-0.15, -0.1) is 0 Å².